The highest BCUT2D eigenvalue weighted by molar-refractivity contribution is 7.99. The third-order valence-electron chi connectivity index (χ3n) is 3.56. The van der Waals surface area contributed by atoms with Gasteiger partial charge in [0.25, 0.3) is 0 Å². The Morgan fingerprint density at radius 3 is 2.67 bits per heavy atom. The first-order valence-corrected chi connectivity index (χ1v) is 8.84. The highest BCUT2D eigenvalue weighted by Crippen LogP contribution is 2.17. The van der Waals surface area contributed by atoms with Crippen LogP contribution in [-0.2, 0) is 21.8 Å². The average Bonchev–Trinajstić information content (AvgIpc) is 2.51. The first-order chi connectivity index (χ1) is 11.4. The fraction of sp³-hybridized carbons (Fsp3) is 0.263. The zero-order chi connectivity index (χ0) is 17.5. The third kappa shape index (κ3) is 5.74. The molecule has 0 heterocycles. The third-order valence-corrected chi connectivity index (χ3v) is 4.55. The first-order valence-electron chi connectivity index (χ1n) is 7.68. The van der Waals surface area contributed by atoms with E-state index >= 15 is 0 Å². The van der Waals surface area contributed by atoms with Crippen LogP contribution in [0.1, 0.15) is 22.3 Å². The molecule has 0 aliphatic heterocycles. The standard InChI is InChI=1S/C19H21NO3S/c1-13-6-7-14(2)16(8-13)10-18(21)20-17-5-3-4-15(9-17)11-24-12-19(22)23/h3-9H,10-12H2,1-2H3,(H,20,21)(H,22,23). The summed E-state index contributed by atoms with van der Waals surface area (Å²) in [5.74, 6) is -0.201. The molecule has 2 aromatic rings. The highest BCUT2D eigenvalue weighted by Gasteiger charge is 2.07. The molecule has 24 heavy (non-hydrogen) atoms. The number of carboxylic acid groups (broad SMARTS) is 1. The SMILES string of the molecule is Cc1ccc(C)c(CC(=O)Nc2cccc(CSCC(=O)O)c2)c1. The van der Waals surface area contributed by atoms with Crippen LogP contribution in [0, 0.1) is 13.8 Å². The monoisotopic (exact) mass is 343 g/mol. The second-order valence-electron chi connectivity index (χ2n) is 5.74. The van der Waals surface area contributed by atoms with E-state index in [4.69, 9.17) is 5.11 Å². The molecule has 0 bridgehead atoms. The van der Waals surface area contributed by atoms with Gasteiger partial charge in [-0.15, -0.1) is 11.8 Å². The fourth-order valence-electron chi connectivity index (χ4n) is 2.36. The van der Waals surface area contributed by atoms with E-state index in [-0.39, 0.29) is 11.7 Å². The molecular formula is C19H21NO3S. The summed E-state index contributed by atoms with van der Waals surface area (Å²) in [5.41, 5.74) is 5.00. The maximum Gasteiger partial charge on any atom is 0.313 e. The average molecular weight is 343 g/mol. The summed E-state index contributed by atoms with van der Waals surface area (Å²) < 4.78 is 0. The molecule has 0 unspecified atom stereocenters. The molecule has 0 aliphatic rings. The van der Waals surface area contributed by atoms with E-state index in [1.807, 2.05) is 56.3 Å². The lowest BCUT2D eigenvalue weighted by molar-refractivity contribution is -0.133. The number of aryl methyl sites for hydroxylation is 2. The van der Waals surface area contributed by atoms with Gasteiger partial charge in [0.05, 0.1) is 12.2 Å². The van der Waals surface area contributed by atoms with Gasteiger partial charge in [0.1, 0.15) is 0 Å². The molecule has 0 radical (unpaired) electrons. The van der Waals surface area contributed by atoms with Gasteiger partial charge in [0.2, 0.25) is 5.91 Å². The zero-order valence-electron chi connectivity index (χ0n) is 13.8. The Kier molecular flexibility index (Phi) is 6.44. The van der Waals surface area contributed by atoms with Gasteiger partial charge in [0.15, 0.2) is 0 Å². The molecule has 2 rings (SSSR count). The summed E-state index contributed by atoms with van der Waals surface area (Å²) in [7, 11) is 0. The van der Waals surface area contributed by atoms with Gasteiger partial charge < -0.3 is 10.4 Å². The molecule has 0 spiro atoms. The molecule has 2 aromatic carbocycles. The van der Waals surface area contributed by atoms with Crippen LogP contribution >= 0.6 is 11.8 Å². The van der Waals surface area contributed by atoms with Crippen LogP contribution in [0.15, 0.2) is 42.5 Å². The number of thioether (sulfide) groups is 1. The summed E-state index contributed by atoms with van der Waals surface area (Å²) in [4.78, 5) is 22.8. The van der Waals surface area contributed by atoms with Gasteiger partial charge >= 0.3 is 5.97 Å². The maximum atomic E-state index is 12.3. The molecule has 0 saturated heterocycles. The van der Waals surface area contributed by atoms with E-state index in [0.717, 1.165) is 27.9 Å². The molecule has 4 nitrogen and oxygen atoms in total. The van der Waals surface area contributed by atoms with Gasteiger partial charge in [-0.1, -0.05) is 35.9 Å². The minimum Gasteiger partial charge on any atom is -0.481 e. The van der Waals surface area contributed by atoms with Crippen molar-refractivity contribution in [3.63, 3.8) is 0 Å². The van der Waals surface area contributed by atoms with E-state index in [1.165, 1.54) is 11.8 Å². The van der Waals surface area contributed by atoms with Crippen molar-refractivity contribution in [3.8, 4) is 0 Å². The summed E-state index contributed by atoms with van der Waals surface area (Å²) in [6.07, 6.45) is 0.339. The Labute approximate surface area is 146 Å². The molecule has 126 valence electrons. The number of carbonyl (C=O) groups excluding carboxylic acids is 1. The van der Waals surface area contributed by atoms with Crippen molar-refractivity contribution in [2.75, 3.05) is 11.1 Å². The van der Waals surface area contributed by atoms with E-state index < -0.39 is 5.97 Å². The predicted octanol–water partition coefficient (Wildman–Crippen LogP) is 3.80. The first kappa shape index (κ1) is 18.1. The lowest BCUT2D eigenvalue weighted by atomic mass is 10.0. The van der Waals surface area contributed by atoms with Crippen molar-refractivity contribution in [2.45, 2.75) is 26.0 Å². The number of benzene rings is 2. The number of aliphatic carboxylic acids is 1. The van der Waals surface area contributed by atoms with Crippen LogP contribution in [-0.4, -0.2) is 22.7 Å². The topological polar surface area (TPSA) is 66.4 Å². The number of anilines is 1. The maximum absolute atomic E-state index is 12.3. The molecule has 5 heteroatoms. The zero-order valence-corrected chi connectivity index (χ0v) is 14.7. The van der Waals surface area contributed by atoms with Crippen LogP contribution in [0.5, 0.6) is 0 Å². The number of rotatable bonds is 7. The Morgan fingerprint density at radius 1 is 1.12 bits per heavy atom. The second-order valence-corrected chi connectivity index (χ2v) is 6.73. The van der Waals surface area contributed by atoms with Gasteiger partial charge in [-0.3, -0.25) is 9.59 Å². The number of carbonyl (C=O) groups is 2. The summed E-state index contributed by atoms with van der Waals surface area (Å²) in [6.45, 7) is 4.02. The molecular weight excluding hydrogens is 322 g/mol. The highest BCUT2D eigenvalue weighted by atomic mass is 32.2. The fourth-order valence-corrected chi connectivity index (χ4v) is 3.06. The largest absolute Gasteiger partial charge is 0.481 e. The Hall–Kier alpha value is -2.27. The van der Waals surface area contributed by atoms with E-state index in [0.29, 0.717) is 12.2 Å². The van der Waals surface area contributed by atoms with Crippen molar-refractivity contribution in [1.82, 2.24) is 0 Å². The van der Waals surface area contributed by atoms with Crippen molar-refractivity contribution in [2.24, 2.45) is 0 Å². The van der Waals surface area contributed by atoms with Crippen molar-refractivity contribution in [1.29, 1.82) is 0 Å². The van der Waals surface area contributed by atoms with E-state index in [9.17, 15) is 9.59 Å². The number of hydrogen-bond acceptors (Lipinski definition) is 3. The number of nitrogens with one attached hydrogen (secondary N) is 1. The predicted molar refractivity (Wildman–Crippen MR) is 98.5 cm³/mol. The van der Waals surface area contributed by atoms with Crippen LogP contribution in [0.2, 0.25) is 0 Å². The van der Waals surface area contributed by atoms with Crippen molar-refractivity contribution in [3.05, 3.63) is 64.7 Å². The Morgan fingerprint density at radius 2 is 1.92 bits per heavy atom. The minimum absolute atomic E-state index is 0.0564. The van der Waals surface area contributed by atoms with E-state index in [2.05, 4.69) is 5.32 Å². The summed E-state index contributed by atoms with van der Waals surface area (Å²) in [6, 6.07) is 13.6. The Bertz CT molecular complexity index is 743. The van der Waals surface area contributed by atoms with Gasteiger partial charge in [0, 0.05) is 11.4 Å². The Balaban J connectivity index is 1.96. The van der Waals surface area contributed by atoms with Crippen LogP contribution in [0.25, 0.3) is 0 Å². The summed E-state index contributed by atoms with van der Waals surface area (Å²) in [5, 5.41) is 11.6. The quantitative estimate of drug-likeness (QED) is 0.802. The molecule has 0 aromatic heterocycles. The van der Waals surface area contributed by atoms with Gasteiger partial charge in [-0.25, -0.2) is 0 Å². The van der Waals surface area contributed by atoms with Gasteiger partial charge in [-0.05, 0) is 42.7 Å². The molecule has 0 saturated carbocycles. The van der Waals surface area contributed by atoms with Crippen molar-refractivity contribution < 1.29 is 14.7 Å². The smallest absolute Gasteiger partial charge is 0.313 e. The number of hydrogen-bond donors (Lipinski definition) is 2. The van der Waals surface area contributed by atoms with Crippen LogP contribution in [0.4, 0.5) is 5.69 Å². The van der Waals surface area contributed by atoms with Crippen molar-refractivity contribution >= 4 is 29.3 Å². The lowest BCUT2D eigenvalue weighted by Gasteiger charge is -2.09. The van der Waals surface area contributed by atoms with Crippen LogP contribution < -0.4 is 5.32 Å². The molecule has 0 aliphatic carbocycles. The molecule has 0 fully saturated rings. The van der Waals surface area contributed by atoms with E-state index in [1.54, 1.807) is 0 Å². The van der Waals surface area contributed by atoms with Gasteiger partial charge in [-0.2, -0.15) is 0 Å². The molecule has 0 atom stereocenters. The molecule has 1 amide bonds. The second kappa shape index (κ2) is 8.55. The number of carboxylic acids is 1. The van der Waals surface area contributed by atoms with Crippen LogP contribution in [0.3, 0.4) is 0 Å². The normalized spacial score (nSPS) is 10.4. The summed E-state index contributed by atoms with van der Waals surface area (Å²) >= 11 is 1.34. The lowest BCUT2D eigenvalue weighted by Crippen LogP contribution is -2.15. The minimum atomic E-state index is -0.821. The number of amides is 1. The molecule has 2 N–H and O–H groups in total.